The Morgan fingerprint density at radius 2 is 1.60 bits per heavy atom. The Hall–Kier alpha value is -2.78. The molecule has 11 heteroatoms. The van der Waals surface area contributed by atoms with E-state index in [1.165, 1.54) is 4.90 Å². The van der Waals surface area contributed by atoms with Gasteiger partial charge in [0.15, 0.2) is 0 Å². The Labute approximate surface area is 262 Å². The van der Waals surface area contributed by atoms with Crippen LogP contribution >= 0.6 is 34.8 Å². The van der Waals surface area contributed by atoms with E-state index in [-0.39, 0.29) is 24.9 Å². The lowest BCUT2D eigenvalue weighted by Gasteiger charge is -2.34. The fourth-order valence-corrected chi connectivity index (χ4v) is 6.92. The van der Waals surface area contributed by atoms with Crippen LogP contribution in [0.1, 0.15) is 42.4 Å². The van der Waals surface area contributed by atoms with Gasteiger partial charge in [-0.25, -0.2) is 8.42 Å². The van der Waals surface area contributed by atoms with E-state index in [2.05, 4.69) is 5.32 Å². The Balaban J connectivity index is 1.77. The molecular formula is C31H34Cl3N3O4S. The molecule has 3 aromatic carbocycles. The van der Waals surface area contributed by atoms with E-state index in [1.807, 2.05) is 30.3 Å². The van der Waals surface area contributed by atoms with Crippen LogP contribution in [0.25, 0.3) is 0 Å². The van der Waals surface area contributed by atoms with Crippen molar-refractivity contribution < 1.29 is 18.0 Å². The Bertz CT molecular complexity index is 1510. The lowest BCUT2D eigenvalue weighted by atomic mass is 10.0. The SMILES string of the molecule is Cc1cc(Cl)ccc1N(CC(=O)N(Cc1c(Cl)cccc1Cl)C(Cc1ccccc1)C(=O)NC1CCCC1)S(C)(=O)=O. The van der Waals surface area contributed by atoms with E-state index in [9.17, 15) is 18.0 Å². The number of nitrogens with zero attached hydrogens (tertiary/aromatic N) is 2. The van der Waals surface area contributed by atoms with Crippen LogP contribution in [-0.2, 0) is 32.6 Å². The predicted molar refractivity (Wildman–Crippen MR) is 170 cm³/mol. The number of carbonyl (C=O) groups is 2. The highest BCUT2D eigenvalue weighted by molar-refractivity contribution is 7.92. The van der Waals surface area contributed by atoms with Gasteiger partial charge in [-0.05, 0) is 61.2 Å². The van der Waals surface area contributed by atoms with Crippen LogP contribution in [0, 0.1) is 6.92 Å². The summed E-state index contributed by atoms with van der Waals surface area (Å²) in [6, 6.07) is 18.2. The zero-order valence-corrected chi connectivity index (χ0v) is 26.6. The molecule has 7 nitrogen and oxygen atoms in total. The Morgan fingerprint density at radius 1 is 0.952 bits per heavy atom. The molecule has 1 aliphatic carbocycles. The van der Waals surface area contributed by atoms with Crippen LogP contribution in [0.5, 0.6) is 0 Å². The Kier molecular flexibility index (Phi) is 10.8. The van der Waals surface area contributed by atoms with E-state index in [0.717, 1.165) is 41.8 Å². The van der Waals surface area contributed by atoms with Crippen molar-refractivity contribution in [3.05, 3.63) is 98.5 Å². The molecule has 0 aromatic heterocycles. The molecule has 1 fully saturated rings. The Morgan fingerprint density at radius 3 is 2.19 bits per heavy atom. The normalized spacial score (nSPS) is 14.4. The first-order valence-electron chi connectivity index (χ1n) is 13.7. The molecule has 42 heavy (non-hydrogen) atoms. The van der Waals surface area contributed by atoms with Gasteiger partial charge in [-0.2, -0.15) is 0 Å². The van der Waals surface area contributed by atoms with Crippen molar-refractivity contribution in [1.29, 1.82) is 0 Å². The molecule has 3 aromatic rings. The maximum atomic E-state index is 14.3. The molecule has 0 spiro atoms. The monoisotopic (exact) mass is 649 g/mol. The summed E-state index contributed by atoms with van der Waals surface area (Å²) in [4.78, 5) is 29.6. The van der Waals surface area contributed by atoms with Gasteiger partial charge in [0, 0.05) is 39.6 Å². The quantitative estimate of drug-likeness (QED) is 0.260. The van der Waals surface area contributed by atoms with Gasteiger partial charge in [0.05, 0.1) is 11.9 Å². The van der Waals surface area contributed by atoms with Gasteiger partial charge in [-0.1, -0.05) is 84.0 Å². The molecule has 1 atom stereocenters. The van der Waals surface area contributed by atoms with Crippen LogP contribution in [0.3, 0.4) is 0 Å². The predicted octanol–water partition coefficient (Wildman–Crippen LogP) is 6.42. The van der Waals surface area contributed by atoms with E-state index < -0.39 is 28.5 Å². The average Bonchev–Trinajstić information content (AvgIpc) is 3.44. The zero-order chi connectivity index (χ0) is 30.4. The fraction of sp³-hybridized carbons (Fsp3) is 0.355. The fourth-order valence-electron chi connectivity index (χ4n) is 5.27. The van der Waals surface area contributed by atoms with Crippen LogP contribution in [-0.4, -0.2) is 50.0 Å². The van der Waals surface area contributed by atoms with Crippen LogP contribution < -0.4 is 9.62 Å². The van der Waals surface area contributed by atoms with E-state index in [4.69, 9.17) is 34.8 Å². The number of hydrogen-bond donors (Lipinski definition) is 1. The summed E-state index contributed by atoms with van der Waals surface area (Å²) in [5, 5.41) is 4.25. The first-order valence-corrected chi connectivity index (χ1v) is 16.7. The number of anilines is 1. The maximum absolute atomic E-state index is 14.3. The average molecular weight is 651 g/mol. The minimum atomic E-state index is -3.90. The highest BCUT2D eigenvalue weighted by Crippen LogP contribution is 2.29. The van der Waals surface area contributed by atoms with Crippen molar-refractivity contribution in [3.8, 4) is 0 Å². The molecule has 0 radical (unpaired) electrons. The number of carbonyl (C=O) groups excluding carboxylic acids is 2. The van der Waals surface area contributed by atoms with Crippen molar-refractivity contribution in [2.75, 3.05) is 17.1 Å². The maximum Gasteiger partial charge on any atom is 0.244 e. The molecule has 1 saturated carbocycles. The standard InChI is InChI=1S/C31H34Cl3N3O4S/c1-21-17-23(32)15-16-28(21)37(42(2,40)41)20-30(38)36(19-25-26(33)13-8-14-27(25)34)29(18-22-9-4-3-5-10-22)31(39)35-24-11-6-7-12-24/h3-5,8-10,13-17,24,29H,6-7,11-12,18-20H2,1-2H3,(H,35,39). The van der Waals surface area contributed by atoms with Crippen molar-refractivity contribution in [2.24, 2.45) is 0 Å². The molecule has 0 aliphatic heterocycles. The first-order chi connectivity index (χ1) is 19.9. The summed E-state index contributed by atoms with van der Waals surface area (Å²) in [7, 11) is -3.90. The smallest absolute Gasteiger partial charge is 0.244 e. The molecule has 0 bridgehead atoms. The van der Waals surface area contributed by atoms with Crippen molar-refractivity contribution in [3.63, 3.8) is 0 Å². The topological polar surface area (TPSA) is 86.8 Å². The molecule has 1 unspecified atom stereocenters. The number of sulfonamides is 1. The highest BCUT2D eigenvalue weighted by atomic mass is 35.5. The second-order valence-corrected chi connectivity index (χ2v) is 13.8. The number of rotatable bonds is 11. The molecule has 1 N–H and O–H groups in total. The third-order valence-electron chi connectivity index (χ3n) is 7.47. The van der Waals surface area contributed by atoms with Crippen molar-refractivity contribution in [2.45, 2.75) is 57.7 Å². The third-order valence-corrected chi connectivity index (χ3v) is 9.54. The van der Waals surface area contributed by atoms with Crippen molar-refractivity contribution >= 4 is 62.3 Å². The van der Waals surface area contributed by atoms with Gasteiger partial charge in [0.2, 0.25) is 21.8 Å². The number of hydrogen-bond acceptors (Lipinski definition) is 4. The van der Waals surface area contributed by atoms with E-state index >= 15 is 0 Å². The van der Waals surface area contributed by atoms with Crippen LogP contribution in [0.15, 0.2) is 66.7 Å². The molecule has 1 aliphatic rings. The molecule has 4 rings (SSSR count). The summed E-state index contributed by atoms with van der Waals surface area (Å²) in [5.41, 5.74) is 2.22. The van der Waals surface area contributed by atoms with Crippen LogP contribution in [0.4, 0.5) is 5.69 Å². The molecule has 0 heterocycles. The number of halogens is 3. The molecule has 2 amide bonds. The third kappa shape index (κ3) is 8.19. The summed E-state index contributed by atoms with van der Waals surface area (Å²) in [6.07, 6.45) is 5.04. The van der Waals surface area contributed by atoms with Gasteiger partial charge >= 0.3 is 0 Å². The summed E-state index contributed by atoms with van der Waals surface area (Å²) >= 11 is 19.2. The summed E-state index contributed by atoms with van der Waals surface area (Å²) in [5.74, 6) is -0.885. The number of nitrogens with one attached hydrogen (secondary N) is 1. The number of amides is 2. The van der Waals surface area contributed by atoms with Gasteiger partial charge in [-0.15, -0.1) is 0 Å². The minimum absolute atomic E-state index is 0.0147. The number of benzene rings is 3. The largest absolute Gasteiger partial charge is 0.352 e. The minimum Gasteiger partial charge on any atom is -0.352 e. The van der Waals surface area contributed by atoms with Gasteiger partial charge in [-0.3, -0.25) is 13.9 Å². The highest BCUT2D eigenvalue weighted by Gasteiger charge is 2.35. The second-order valence-electron chi connectivity index (χ2n) is 10.6. The second kappa shape index (κ2) is 14.1. The molecule has 224 valence electrons. The van der Waals surface area contributed by atoms with E-state index in [1.54, 1.807) is 43.3 Å². The van der Waals surface area contributed by atoms with Crippen LogP contribution in [0.2, 0.25) is 15.1 Å². The van der Waals surface area contributed by atoms with Gasteiger partial charge < -0.3 is 10.2 Å². The molecular weight excluding hydrogens is 617 g/mol. The van der Waals surface area contributed by atoms with Gasteiger partial charge in [0.1, 0.15) is 12.6 Å². The first kappa shape index (κ1) is 32.1. The number of aryl methyl sites for hydroxylation is 1. The summed E-state index contributed by atoms with van der Waals surface area (Å²) < 4.78 is 27.1. The summed E-state index contributed by atoms with van der Waals surface area (Å²) in [6.45, 7) is 1.09. The van der Waals surface area contributed by atoms with Crippen molar-refractivity contribution in [1.82, 2.24) is 10.2 Å². The lowest BCUT2D eigenvalue weighted by Crippen LogP contribution is -2.54. The zero-order valence-electron chi connectivity index (χ0n) is 23.5. The van der Waals surface area contributed by atoms with Gasteiger partial charge in [0.25, 0.3) is 0 Å². The molecule has 0 saturated heterocycles. The lowest BCUT2D eigenvalue weighted by molar-refractivity contribution is -0.140. The van der Waals surface area contributed by atoms with E-state index in [0.29, 0.717) is 31.9 Å².